The van der Waals surface area contributed by atoms with Crippen LogP contribution >= 0.6 is 0 Å². The summed E-state index contributed by atoms with van der Waals surface area (Å²) in [6.45, 7) is 1.57. The van der Waals surface area contributed by atoms with Gasteiger partial charge >= 0.3 is 0 Å². The largest absolute Gasteiger partial charge is 0.336 e. The van der Waals surface area contributed by atoms with Crippen molar-refractivity contribution in [2.24, 2.45) is 0 Å². The molecule has 142 valence electrons. The minimum Gasteiger partial charge on any atom is -0.336 e. The lowest BCUT2D eigenvalue weighted by molar-refractivity contribution is 0.0697. The number of carbonyl (C=O) groups is 1. The minimum absolute atomic E-state index is 0.00445. The first kappa shape index (κ1) is 18.2. The lowest BCUT2D eigenvalue weighted by atomic mass is 10.1. The zero-order chi connectivity index (χ0) is 18.9. The topological polar surface area (TPSA) is 57.7 Å². The maximum absolute atomic E-state index is 12.8. The predicted octanol–water partition coefficient (Wildman–Crippen LogP) is 2.46. The number of hydrogen-bond acceptors (Lipinski definition) is 3. The summed E-state index contributed by atoms with van der Waals surface area (Å²) in [4.78, 5) is 14.6. The number of fused-ring (bicyclic) bond motifs is 1. The van der Waals surface area contributed by atoms with Crippen molar-refractivity contribution in [3.63, 3.8) is 0 Å². The van der Waals surface area contributed by atoms with E-state index in [4.69, 9.17) is 0 Å². The molecule has 2 aromatic carbocycles. The second kappa shape index (κ2) is 7.44. The van der Waals surface area contributed by atoms with Crippen molar-refractivity contribution in [3.8, 4) is 0 Å². The summed E-state index contributed by atoms with van der Waals surface area (Å²) in [6.07, 6.45) is 3.30. The predicted molar refractivity (Wildman–Crippen MR) is 105 cm³/mol. The molecule has 2 aliphatic rings. The summed E-state index contributed by atoms with van der Waals surface area (Å²) in [5, 5.41) is 0. The van der Waals surface area contributed by atoms with Crippen molar-refractivity contribution in [3.05, 3.63) is 70.8 Å². The lowest BCUT2D eigenvalue weighted by Gasteiger charge is -2.34. The first-order valence-corrected chi connectivity index (χ1v) is 11.1. The van der Waals surface area contributed by atoms with Gasteiger partial charge in [0.05, 0.1) is 5.75 Å². The number of aryl methyl sites for hydroxylation is 2. The fourth-order valence-corrected chi connectivity index (χ4v) is 5.45. The summed E-state index contributed by atoms with van der Waals surface area (Å²) in [5.74, 6) is 0.0110. The van der Waals surface area contributed by atoms with Gasteiger partial charge in [0.1, 0.15) is 0 Å². The van der Waals surface area contributed by atoms with E-state index < -0.39 is 10.0 Å². The first-order chi connectivity index (χ1) is 13.0. The van der Waals surface area contributed by atoms with E-state index in [-0.39, 0.29) is 11.7 Å². The summed E-state index contributed by atoms with van der Waals surface area (Å²) >= 11 is 0. The Morgan fingerprint density at radius 3 is 2.33 bits per heavy atom. The normalized spacial score (nSPS) is 17.7. The molecule has 1 amide bonds. The molecule has 0 atom stereocenters. The molecule has 1 aliphatic carbocycles. The molecule has 2 aromatic rings. The molecule has 5 nitrogen and oxygen atoms in total. The third-order valence-corrected chi connectivity index (χ3v) is 7.31. The Bertz CT molecular complexity index is 933. The van der Waals surface area contributed by atoms with Gasteiger partial charge < -0.3 is 4.90 Å². The Hall–Kier alpha value is -2.18. The minimum atomic E-state index is -3.36. The van der Waals surface area contributed by atoms with Crippen LogP contribution < -0.4 is 0 Å². The number of sulfonamides is 1. The van der Waals surface area contributed by atoms with Crippen molar-refractivity contribution in [2.75, 3.05) is 26.2 Å². The van der Waals surface area contributed by atoms with Crippen LogP contribution in [-0.4, -0.2) is 49.7 Å². The highest BCUT2D eigenvalue weighted by molar-refractivity contribution is 7.88. The van der Waals surface area contributed by atoms with E-state index in [1.165, 1.54) is 15.4 Å². The number of piperazine rings is 1. The Labute approximate surface area is 160 Å². The van der Waals surface area contributed by atoms with Crippen LogP contribution in [-0.2, 0) is 28.6 Å². The molecule has 0 aromatic heterocycles. The van der Waals surface area contributed by atoms with Crippen LogP contribution in [0.2, 0.25) is 0 Å². The second-order valence-electron chi connectivity index (χ2n) is 7.27. The standard InChI is InChI=1S/C21H24N2O3S/c24-21(20-10-9-18-7-4-8-19(18)15-20)22-11-13-23(14-12-22)27(25,26)16-17-5-2-1-3-6-17/h1-3,5-6,9-10,15H,4,7-8,11-14,16H2. The van der Waals surface area contributed by atoms with Gasteiger partial charge in [0.2, 0.25) is 10.0 Å². The van der Waals surface area contributed by atoms with Crippen LogP contribution in [0, 0.1) is 0 Å². The molecule has 1 heterocycles. The van der Waals surface area contributed by atoms with Crippen LogP contribution in [0.4, 0.5) is 0 Å². The quantitative estimate of drug-likeness (QED) is 0.814. The van der Waals surface area contributed by atoms with Crippen LogP contribution in [0.3, 0.4) is 0 Å². The van der Waals surface area contributed by atoms with Crippen LogP contribution in [0.25, 0.3) is 0 Å². The molecule has 0 unspecified atom stereocenters. The first-order valence-electron chi connectivity index (χ1n) is 9.46. The maximum Gasteiger partial charge on any atom is 0.253 e. The molecule has 4 rings (SSSR count). The number of benzene rings is 2. The van der Waals surface area contributed by atoms with Gasteiger partial charge in [-0.3, -0.25) is 4.79 Å². The molecular formula is C21H24N2O3S. The fourth-order valence-electron chi connectivity index (χ4n) is 3.93. The van der Waals surface area contributed by atoms with Crippen molar-refractivity contribution >= 4 is 15.9 Å². The van der Waals surface area contributed by atoms with E-state index in [1.807, 2.05) is 42.5 Å². The van der Waals surface area contributed by atoms with Gasteiger partial charge in [-0.15, -0.1) is 0 Å². The smallest absolute Gasteiger partial charge is 0.253 e. The van der Waals surface area contributed by atoms with Gasteiger partial charge in [-0.25, -0.2) is 8.42 Å². The van der Waals surface area contributed by atoms with Crippen molar-refractivity contribution in [2.45, 2.75) is 25.0 Å². The van der Waals surface area contributed by atoms with Crippen LogP contribution in [0.15, 0.2) is 48.5 Å². The van der Waals surface area contributed by atoms with E-state index in [1.54, 1.807) is 4.90 Å². The monoisotopic (exact) mass is 384 g/mol. The number of hydrogen-bond donors (Lipinski definition) is 0. The van der Waals surface area contributed by atoms with E-state index in [0.717, 1.165) is 30.4 Å². The molecule has 27 heavy (non-hydrogen) atoms. The summed E-state index contributed by atoms with van der Waals surface area (Å²) in [5.41, 5.74) is 4.14. The molecule has 0 bridgehead atoms. The van der Waals surface area contributed by atoms with Gasteiger partial charge in [0.15, 0.2) is 0 Å². The number of amides is 1. The Balaban J connectivity index is 1.39. The van der Waals surface area contributed by atoms with Crippen molar-refractivity contribution < 1.29 is 13.2 Å². The van der Waals surface area contributed by atoms with Crippen LogP contribution in [0.1, 0.15) is 33.5 Å². The zero-order valence-electron chi connectivity index (χ0n) is 15.3. The summed E-state index contributed by atoms with van der Waals surface area (Å²) in [7, 11) is -3.36. The number of rotatable bonds is 4. The summed E-state index contributed by atoms with van der Waals surface area (Å²) in [6, 6.07) is 15.2. The van der Waals surface area contributed by atoms with Crippen molar-refractivity contribution in [1.29, 1.82) is 0 Å². The van der Waals surface area contributed by atoms with Gasteiger partial charge in [0.25, 0.3) is 5.91 Å². The Kier molecular flexibility index (Phi) is 5.02. The molecule has 0 N–H and O–H groups in total. The van der Waals surface area contributed by atoms with Gasteiger partial charge in [-0.05, 0) is 48.1 Å². The van der Waals surface area contributed by atoms with E-state index in [9.17, 15) is 13.2 Å². The third-order valence-electron chi connectivity index (χ3n) is 5.46. The van der Waals surface area contributed by atoms with E-state index in [0.29, 0.717) is 26.2 Å². The van der Waals surface area contributed by atoms with Crippen LogP contribution in [0.5, 0.6) is 0 Å². The fraction of sp³-hybridized carbons (Fsp3) is 0.381. The number of nitrogens with zero attached hydrogens (tertiary/aromatic N) is 2. The molecule has 0 spiro atoms. The van der Waals surface area contributed by atoms with Gasteiger partial charge in [-0.2, -0.15) is 4.31 Å². The maximum atomic E-state index is 12.8. The SMILES string of the molecule is O=C(c1ccc2c(c1)CCC2)N1CCN(S(=O)(=O)Cc2ccccc2)CC1. The molecule has 1 saturated heterocycles. The molecule has 6 heteroatoms. The molecule has 1 fully saturated rings. The Morgan fingerprint density at radius 1 is 0.889 bits per heavy atom. The van der Waals surface area contributed by atoms with E-state index in [2.05, 4.69) is 6.07 Å². The highest BCUT2D eigenvalue weighted by Gasteiger charge is 2.29. The second-order valence-corrected chi connectivity index (χ2v) is 9.24. The molecule has 0 saturated carbocycles. The lowest BCUT2D eigenvalue weighted by Crippen LogP contribution is -2.50. The summed E-state index contributed by atoms with van der Waals surface area (Å²) < 4.78 is 26.8. The third kappa shape index (κ3) is 3.92. The molecule has 1 aliphatic heterocycles. The molecular weight excluding hydrogens is 360 g/mol. The van der Waals surface area contributed by atoms with Gasteiger partial charge in [-0.1, -0.05) is 36.4 Å². The van der Waals surface area contributed by atoms with Crippen molar-refractivity contribution in [1.82, 2.24) is 9.21 Å². The molecule has 0 radical (unpaired) electrons. The highest BCUT2D eigenvalue weighted by atomic mass is 32.2. The average molecular weight is 385 g/mol. The highest BCUT2D eigenvalue weighted by Crippen LogP contribution is 2.24. The van der Waals surface area contributed by atoms with Gasteiger partial charge in [0, 0.05) is 31.7 Å². The van der Waals surface area contributed by atoms with E-state index >= 15 is 0 Å². The average Bonchev–Trinajstić information content (AvgIpc) is 3.16. The zero-order valence-corrected chi connectivity index (χ0v) is 16.1. The Morgan fingerprint density at radius 2 is 1.59 bits per heavy atom. The number of carbonyl (C=O) groups excluding carboxylic acids is 1.